The summed E-state index contributed by atoms with van der Waals surface area (Å²) in [6.45, 7) is 9.04. The summed E-state index contributed by atoms with van der Waals surface area (Å²) in [5, 5.41) is 8.47. The molecule has 0 saturated carbocycles. The molecule has 0 atom stereocenters. The molecule has 7 nitrogen and oxygen atoms in total. The Bertz CT molecular complexity index is 1090. The van der Waals surface area contributed by atoms with E-state index in [0.29, 0.717) is 17.8 Å². The number of amides is 1. The van der Waals surface area contributed by atoms with Crippen molar-refractivity contribution in [3.05, 3.63) is 59.7 Å². The van der Waals surface area contributed by atoms with E-state index in [1.807, 2.05) is 24.3 Å². The minimum Gasteiger partial charge on any atom is -0.403 e. The van der Waals surface area contributed by atoms with Crippen LogP contribution in [-0.4, -0.2) is 60.3 Å². The molecular formula is C26H31N5O2. The third kappa shape index (κ3) is 4.72. The molecule has 3 heterocycles. The highest BCUT2D eigenvalue weighted by Crippen LogP contribution is 2.27. The Kier molecular flexibility index (Phi) is 6.03. The lowest BCUT2D eigenvalue weighted by atomic mass is 9.95. The first-order chi connectivity index (χ1) is 16.1. The zero-order valence-electron chi connectivity index (χ0n) is 19.4. The highest BCUT2D eigenvalue weighted by atomic mass is 16.4. The van der Waals surface area contributed by atoms with Crippen molar-refractivity contribution in [2.45, 2.75) is 26.7 Å². The van der Waals surface area contributed by atoms with Crippen molar-refractivity contribution in [2.75, 3.05) is 49.1 Å². The Morgan fingerprint density at radius 2 is 1.58 bits per heavy atom. The van der Waals surface area contributed by atoms with Crippen molar-refractivity contribution in [3.63, 3.8) is 0 Å². The van der Waals surface area contributed by atoms with E-state index in [1.165, 1.54) is 16.8 Å². The summed E-state index contributed by atoms with van der Waals surface area (Å²) < 4.78 is 5.93. The first-order valence-electron chi connectivity index (χ1n) is 11.8. The van der Waals surface area contributed by atoms with E-state index in [1.54, 1.807) is 0 Å². The number of piperidine rings is 1. The third-order valence-corrected chi connectivity index (χ3v) is 6.79. The van der Waals surface area contributed by atoms with Crippen molar-refractivity contribution < 1.29 is 9.21 Å². The topological polar surface area (TPSA) is 65.7 Å². The highest BCUT2D eigenvalue weighted by Gasteiger charge is 2.31. The lowest BCUT2D eigenvalue weighted by Crippen LogP contribution is -2.51. The Labute approximate surface area is 195 Å². The molecular weight excluding hydrogens is 414 g/mol. The van der Waals surface area contributed by atoms with E-state index in [-0.39, 0.29) is 5.92 Å². The zero-order chi connectivity index (χ0) is 22.8. The molecule has 5 rings (SSSR count). The monoisotopic (exact) mass is 445 g/mol. The minimum absolute atomic E-state index is 0.0752. The van der Waals surface area contributed by atoms with Crippen LogP contribution in [-0.2, 0) is 4.79 Å². The van der Waals surface area contributed by atoms with Crippen molar-refractivity contribution in [1.29, 1.82) is 0 Å². The molecule has 3 aromatic rings. The first kappa shape index (κ1) is 21.5. The maximum atomic E-state index is 13.1. The Balaban J connectivity index is 1.13. The summed E-state index contributed by atoms with van der Waals surface area (Å²) in [6, 6.07) is 17.2. The summed E-state index contributed by atoms with van der Waals surface area (Å²) in [5.74, 6) is 0.908. The fraction of sp³-hybridized carbons (Fsp3) is 0.423. The van der Waals surface area contributed by atoms with E-state index in [2.05, 4.69) is 63.0 Å². The number of hydrogen-bond donors (Lipinski definition) is 0. The van der Waals surface area contributed by atoms with Crippen molar-refractivity contribution in [1.82, 2.24) is 15.1 Å². The molecule has 2 aromatic carbocycles. The molecule has 2 aliphatic heterocycles. The predicted molar refractivity (Wildman–Crippen MR) is 129 cm³/mol. The van der Waals surface area contributed by atoms with Gasteiger partial charge in [-0.1, -0.05) is 34.9 Å². The number of aromatic nitrogens is 2. The summed E-state index contributed by atoms with van der Waals surface area (Å²) in [5.41, 5.74) is 4.64. The van der Waals surface area contributed by atoms with Gasteiger partial charge in [0.1, 0.15) is 0 Å². The molecule has 2 fully saturated rings. The van der Waals surface area contributed by atoms with Gasteiger partial charge in [-0.3, -0.25) is 4.79 Å². The molecule has 172 valence electrons. The molecule has 0 N–H and O–H groups in total. The summed E-state index contributed by atoms with van der Waals surface area (Å²) in [4.78, 5) is 19.7. The molecule has 0 aliphatic carbocycles. The van der Waals surface area contributed by atoms with Gasteiger partial charge in [0.25, 0.3) is 0 Å². The maximum absolute atomic E-state index is 13.1. The van der Waals surface area contributed by atoms with Crippen molar-refractivity contribution >= 4 is 17.6 Å². The van der Waals surface area contributed by atoms with Gasteiger partial charge in [-0.25, -0.2) is 0 Å². The third-order valence-electron chi connectivity index (χ3n) is 6.79. The van der Waals surface area contributed by atoms with Crippen LogP contribution in [0.3, 0.4) is 0 Å². The molecule has 2 saturated heterocycles. The van der Waals surface area contributed by atoms with Crippen LogP contribution < -0.4 is 9.80 Å². The van der Waals surface area contributed by atoms with Gasteiger partial charge in [-0.05, 0) is 56.5 Å². The second-order valence-corrected chi connectivity index (χ2v) is 9.17. The van der Waals surface area contributed by atoms with Crippen LogP contribution in [0.2, 0.25) is 0 Å². The van der Waals surface area contributed by atoms with E-state index in [4.69, 9.17) is 4.42 Å². The van der Waals surface area contributed by atoms with Gasteiger partial charge in [-0.15, -0.1) is 5.10 Å². The molecule has 1 amide bonds. The number of benzene rings is 2. The fourth-order valence-electron chi connectivity index (χ4n) is 4.74. The molecule has 0 unspecified atom stereocenters. The Morgan fingerprint density at radius 3 is 2.27 bits per heavy atom. The van der Waals surface area contributed by atoms with Gasteiger partial charge in [0.2, 0.25) is 11.8 Å². The van der Waals surface area contributed by atoms with Gasteiger partial charge in [-0.2, -0.15) is 0 Å². The molecule has 2 aliphatic rings. The molecule has 0 radical (unpaired) electrons. The molecule has 33 heavy (non-hydrogen) atoms. The second kappa shape index (κ2) is 9.25. The van der Waals surface area contributed by atoms with E-state index in [0.717, 1.165) is 57.7 Å². The van der Waals surface area contributed by atoms with Crippen LogP contribution >= 0.6 is 0 Å². The lowest BCUT2D eigenvalue weighted by Gasteiger charge is -2.39. The van der Waals surface area contributed by atoms with Crippen LogP contribution in [0.25, 0.3) is 11.5 Å². The van der Waals surface area contributed by atoms with E-state index in [9.17, 15) is 4.79 Å². The predicted octanol–water partition coefficient (Wildman–Crippen LogP) is 3.92. The van der Waals surface area contributed by atoms with Crippen molar-refractivity contribution in [2.24, 2.45) is 5.92 Å². The van der Waals surface area contributed by atoms with Gasteiger partial charge >= 0.3 is 6.01 Å². The summed E-state index contributed by atoms with van der Waals surface area (Å²) >= 11 is 0. The number of carbonyl (C=O) groups excluding carboxylic acids is 1. The number of rotatable bonds is 4. The van der Waals surface area contributed by atoms with Gasteiger partial charge in [0, 0.05) is 56.4 Å². The Hall–Kier alpha value is -3.35. The highest BCUT2D eigenvalue weighted by molar-refractivity contribution is 5.79. The van der Waals surface area contributed by atoms with Gasteiger partial charge < -0.3 is 19.1 Å². The number of aryl methyl sites for hydroxylation is 2. The number of anilines is 2. The first-order valence-corrected chi connectivity index (χ1v) is 11.8. The average molecular weight is 446 g/mol. The minimum atomic E-state index is 0.0752. The molecule has 0 bridgehead atoms. The van der Waals surface area contributed by atoms with Crippen LogP contribution in [0, 0.1) is 19.8 Å². The summed E-state index contributed by atoms with van der Waals surface area (Å²) in [6.07, 6.45) is 1.64. The van der Waals surface area contributed by atoms with Crippen LogP contribution in [0.1, 0.15) is 24.0 Å². The SMILES string of the molecule is Cc1ccc(-c2nnc(N3CCC(C(=O)N4CCN(c5cccc(C)c5)CC4)CC3)o2)cc1. The zero-order valence-corrected chi connectivity index (χ0v) is 19.4. The number of nitrogens with zero attached hydrogens (tertiary/aromatic N) is 5. The largest absolute Gasteiger partial charge is 0.403 e. The van der Waals surface area contributed by atoms with E-state index >= 15 is 0 Å². The quantitative estimate of drug-likeness (QED) is 0.607. The van der Waals surface area contributed by atoms with E-state index < -0.39 is 0 Å². The van der Waals surface area contributed by atoms with Gasteiger partial charge in [0.05, 0.1) is 0 Å². The maximum Gasteiger partial charge on any atom is 0.318 e. The van der Waals surface area contributed by atoms with Crippen molar-refractivity contribution in [3.8, 4) is 11.5 Å². The fourth-order valence-corrected chi connectivity index (χ4v) is 4.74. The Morgan fingerprint density at radius 1 is 0.848 bits per heavy atom. The standard InChI is InChI=1S/C26H31N5O2/c1-19-6-8-21(9-7-19)24-27-28-26(33-24)31-12-10-22(11-13-31)25(32)30-16-14-29(15-17-30)23-5-3-4-20(2)18-23/h3-9,18,22H,10-17H2,1-2H3. The number of piperazine rings is 1. The van der Waals surface area contributed by atoms with Gasteiger partial charge in [0.15, 0.2) is 0 Å². The number of carbonyl (C=O) groups is 1. The summed E-state index contributed by atoms with van der Waals surface area (Å²) in [7, 11) is 0. The average Bonchev–Trinajstić information content (AvgIpc) is 3.35. The smallest absolute Gasteiger partial charge is 0.318 e. The molecule has 7 heteroatoms. The molecule has 1 aromatic heterocycles. The van der Waals surface area contributed by atoms with Crippen LogP contribution in [0.15, 0.2) is 52.9 Å². The second-order valence-electron chi connectivity index (χ2n) is 9.17. The van der Waals surface area contributed by atoms with Crippen LogP contribution in [0.4, 0.5) is 11.7 Å². The lowest BCUT2D eigenvalue weighted by molar-refractivity contribution is -0.136. The molecule has 0 spiro atoms. The number of hydrogen-bond acceptors (Lipinski definition) is 6. The van der Waals surface area contributed by atoms with Crippen LogP contribution in [0.5, 0.6) is 0 Å². The normalized spacial score (nSPS) is 17.5.